The molecule has 4 heteroatoms. The third-order valence-electron chi connectivity index (χ3n) is 10.2. The van der Waals surface area contributed by atoms with Gasteiger partial charge < -0.3 is 0 Å². The summed E-state index contributed by atoms with van der Waals surface area (Å²) >= 11 is 1.86. The summed E-state index contributed by atoms with van der Waals surface area (Å²) in [6, 6.07) is 58.5. The SMILES string of the molecule is c1ccc(-n2c3ccccc3c3c4sc5ccccc5c4c(-c4ccc(-c5ccc6c7ccccc7c7ccccc7c6n5)cc4)nc32)cc1. The standard InChI is InChI=1S/C46H27N3S/c1-2-12-30(13-3-1)49-39-20-10-8-18-36(39)42-45-41(37-19-9-11-21-40(37)50-45)43(48-46(42)49)29-24-22-28(23-25-29)38-27-26-35-33-16-5-4-14-31(33)32-15-6-7-17-34(32)44(35)47-38/h1-27H. The van der Waals surface area contributed by atoms with E-state index in [0.717, 1.165) is 44.9 Å². The summed E-state index contributed by atoms with van der Waals surface area (Å²) in [6.45, 7) is 0. The average Bonchev–Trinajstić information content (AvgIpc) is 3.74. The fourth-order valence-corrected chi connectivity index (χ4v) is 9.20. The van der Waals surface area contributed by atoms with Gasteiger partial charge in [-0.15, -0.1) is 11.3 Å². The van der Waals surface area contributed by atoms with Crippen molar-refractivity contribution in [3.8, 4) is 28.2 Å². The van der Waals surface area contributed by atoms with Gasteiger partial charge in [0.1, 0.15) is 5.65 Å². The van der Waals surface area contributed by atoms with Crippen LogP contribution in [0.25, 0.3) is 103 Å². The van der Waals surface area contributed by atoms with Gasteiger partial charge in [-0.25, -0.2) is 9.97 Å². The van der Waals surface area contributed by atoms with E-state index in [4.69, 9.17) is 9.97 Å². The highest BCUT2D eigenvalue weighted by Gasteiger charge is 2.22. The van der Waals surface area contributed by atoms with Crippen LogP contribution < -0.4 is 0 Å². The van der Waals surface area contributed by atoms with E-state index < -0.39 is 0 Å². The number of thiophene rings is 1. The van der Waals surface area contributed by atoms with Crippen LogP contribution in [0.2, 0.25) is 0 Å². The summed E-state index contributed by atoms with van der Waals surface area (Å²) in [5.74, 6) is 0. The van der Waals surface area contributed by atoms with Crippen molar-refractivity contribution < 1.29 is 0 Å². The van der Waals surface area contributed by atoms with Crippen LogP contribution in [-0.4, -0.2) is 14.5 Å². The van der Waals surface area contributed by atoms with Gasteiger partial charge in [0.2, 0.25) is 0 Å². The van der Waals surface area contributed by atoms with Crippen molar-refractivity contribution in [2.45, 2.75) is 0 Å². The van der Waals surface area contributed by atoms with Crippen LogP contribution >= 0.6 is 11.3 Å². The lowest BCUT2D eigenvalue weighted by molar-refractivity contribution is 1.14. The topological polar surface area (TPSA) is 30.7 Å². The summed E-state index contributed by atoms with van der Waals surface area (Å²) in [7, 11) is 0. The maximum absolute atomic E-state index is 5.57. The Bertz CT molecular complexity index is 3100. The largest absolute Gasteiger partial charge is 0.294 e. The molecule has 11 rings (SSSR count). The molecule has 0 saturated heterocycles. The van der Waals surface area contributed by atoms with Gasteiger partial charge in [0, 0.05) is 58.5 Å². The van der Waals surface area contributed by atoms with Crippen molar-refractivity contribution in [2.24, 2.45) is 0 Å². The molecule has 0 fully saturated rings. The van der Waals surface area contributed by atoms with Gasteiger partial charge in [0.15, 0.2) is 0 Å². The number of aromatic nitrogens is 3. The van der Waals surface area contributed by atoms with E-state index in [1.54, 1.807) is 0 Å². The molecule has 3 nitrogen and oxygen atoms in total. The van der Waals surface area contributed by atoms with E-state index in [1.807, 2.05) is 11.3 Å². The van der Waals surface area contributed by atoms with Crippen molar-refractivity contribution in [2.75, 3.05) is 0 Å². The maximum Gasteiger partial charge on any atom is 0.147 e. The summed E-state index contributed by atoms with van der Waals surface area (Å²) in [4.78, 5) is 10.9. The Morgan fingerprint density at radius 1 is 0.420 bits per heavy atom. The predicted octanol–water partition coefficient (Wildman–Crippen LogP) is 12.7. The minimum atomic E-state index is 0.961. The summed E-state index contributed by atoms with van der Waals surface area (Å²) < 4.78 is 4.86. The minimum Gasteiger partial charge on any atom is -0.294 e. The molecule has 0 bridgehead atoms. The summed E-state index contributed by atoms with van der Waals surface area (Å²) in [6.07, 6.45) is 0. The Balaban J connectivity index is 1.14. The number of para-hydroxylation sites is 2. The van der Waals surface area contributed by atoms with Gasteiger partial charge in [0.25, 0.3) is 0 Å². The number of benzene rings is 7. The van der Waals surface area contributed by atoms with Gasteiger partial charge in [0.05, 0.1) is 22.4 Å². The molecule has 0 atom stereocenters. The van der Waals surface area contributed by atoms with Gasteiger partial charge in [-0.2, -0.15) is 0 Å². The number of hydrogen-bond donors (Lipinski definition) is 0. The first-order valence-electron chi connectivity index (χ1n) is 16.9. The van der Waals surface area contributed by atoms with E-state index in [0.29, 0.717) is 0 Å². The zero-order valence-electron chi connectivity index (χ0n) is 26.8. The molecule has 4 heterocycles. The minimum absolute atomic E-state index is 0.961. The van der Waals surface area contributed by atoms with Crippen molar-refractivity contribution >= 4 is 85.9 Å². The number of pyridine rings is 2. The lowest BCUT2D eigenvalue weighted by Crippen LogP contribution is -1.96. The number of hydrogen-bond acceptors (Lipinski definition) is 3. The van der Waals surface area contributed by atoms with Gasteiger partial charge >= 0.3 is 0 Å². The molecule has 7 aromatic carbocycles. The van der Waals surface area contributed by atoms with Crippen LogP contribution in [0, 0.1) is 0 Å². The van der Waals surface area contributed by atoms with E-state index in [2.05, 4.69) is 168 Å². The molecule has 0 unspecified atom stereocenters. The van der Waals surface area contributed by atoms with Crippen LogP contribution in [0.4, 0.5) is 0 Å². The average molecular weight is 654 g/mol. The monoisotopic (exact) mass is 653 g/mol. The highest BCUT2D eigenvalue weighted by atomic mass is 32.1. The van der Waals surface area contributed by atoms with Crippen molar-refractivity contribution in [3.05, 3.63) is 164 Å². The fourth-order valence-electron chi connectivity index (χ4n) is 7.94. The second-order valence-electron chi connectivity index (χ2n) is 12.9. The first-order valence-corrected chi connectivity index (χ1v) is 17.7. The maximum atomic E-state index is 5.57. The number of fused-ring (bicyclic) bond motifs is 13. The molecule has 0 aliphatic rings. The first kappa shape index (κ1) is 27.6. The Morgan fingerprint density at radius 3 is 1.76 bits per heavy atom. The Labute approximate surface area is 291 Å². The lowest BCUT2D eigenvalue weighted by Gasteiger charge is -2.12. The second-order valence-corrected chi connectivity index (χ2v) is 14.0. The molecule has 0 radical (unpaired) electrons. The fraction of sp³-hybridized carbons (Fsp3) is 0. The molecule has 0 amide bonds. The van der Waals surface area contributed by atoms with E-state index in [9.17, 15) is 0 Å². The zero-order valence-corrected chi connectivity index (χ0v) is 27.7. The molecule has 11 aromatic rings. The molecule has 0 aliphatic heterocycles. The Hall–Kier alpha value is -6.36. The molecule has 232 valence electrons. The molecule has 4 aromatic heterocycles. The van der Waals surface area contributed by atoms with Crippen molar-refractivity contribution in [3.63, 3.8) is 0 Å². The number of rotatable bonds is 3. The molecule has 0 N–H and O–H groups in total. The molecule has 0 spiro atoms. The normalized spacial score (nSPS) is 12.0. The van der Waals surface area contributed by atoms with Crippen LogP contribution in [0.5, 0.6) is 0 Å². The smallest absolute Gasteiger partial charge is 0.147 e. The molecule has 0 saturated carbocycles. The van der Waals surface area contributed by atoms with E-state index in [1.165, 1.54) is 57.9 Å². The van der Waals surface area contributed by atoms with Gasteiger partial charge in [-0.05, 0) is 52.6 Å². The van der Waals surface area contributed by atoms with Gasteiger partial charge in [-0.1, -0.05) is 127 Å². The predicted molar refractivity (Wildman–Crippen MR) is 213 cm³/mol. The van der Waals surface area contributed by atoms with Crippen molar-refractivity contribution in [1.29, 1.82) is 0 Å². The number of nitrogens with zero attached hydrogens (tertiary/aromatic N) is 3. The van der Waals surface area contributed by atoms with E-state index >= 15 is 0 Å². The highest BCUT2D eigenvalue weighted by molar-refractivity contribution is 7.27. The van der Waals surface area contributed by atoms with Crippen LogP contribution in [-0.2, 0) is 0 Å². The summed E-state index contributed by atoms with van der Waals surface area (Å²) in [5, 5.41) is 11.0. The molecular weight excluding hydrogens is 627 g/mol. The molecule has 0 aliphatic carbocycles. The van der Waals surface area contributed by atoms with Crippen LogP contribution in [0.1, 0.15) is 0 Å². The van der Waals surface area contributed by atoms with E-state index in [-0.39, 0.29) is 0 Å². The van der Waals surface area contributed by atoms with Crippen LogP contribution in [0.15, 0.2) is 164 Å². The highest BCUT2D eigenvalue weighted by Crippen LogP contribution is 2.46. The molecule has 50 heavy (non-hydrogen) atoms. The van der Waals surface area contributed by atoms with Gasteiger partial charge in [-0.3, -0.25) is 4.57 Å². The second kappa shape index (κ2) is 10.6. The first-order chi connectivity index (χ1) is 24.8. The lowest BCUT2D eigenvalue weighted by atomic mass is 9.96. The van der Waals surface area contributed by atoms with Crippen LogP contribution in [0.3, 0.4) is 0 Å². The third kappa shape index (κ3) is 3.91. The summed E-state index contributed by atoms with van der Waals surface area (Å²) in [5.41, 5.74) is 8.42. The molecular formula is C46H27N3S. The van der Waals surface area contributed by atoms with Crippen molar-refractivity contribution in [1.82, 2.24) is 14.5 Å². The Kier molecular flexibility index (Phi) is 5.83. The quantitative estimate of drug-likeness (QED) is 0.178. The Morgan fingerprint density at radius 2 is 1.00 bits per heavy atom. The zero-order chi connectivity index (χ0) is 32.8. The third-order valence-corrected chi connectivity index (χ3v) is 11.4.